The predicted octanol–water partition coefficient (Wildman–Crippen LogP) is 1.77. The Morgan fingerprint density at radius 1 is 1.26 bits per heavy atom. The van der Waals surface area contributed by atoms with Crippen LogP contribution in [0.25, 0.3) is 5.57 Å². The van der Waals surface area contributed by atoms with Crippen LogP contribution >= 0.6 is 11.8 Å². The molecule has 0 fully saturated rings. The Labute approximate surface area is 207 Å². The van der Waals surface area contributed by atoms with Crippen molar-refractivity contribution in [3.63, 3.8) is 0 Å². The Morgan fingerprint density at radius 2 is 2.00 bits per heavy atom. The van der Waals surface area contributed by atoms with Crippen molar-refractivity contribution in [3.8, 4) is 0 Å². The number of aromatic nitrogens is 1. The fourth-order valence-electron chi connectivity index (χ4n) is 4.20. The summed E-state index contributed by atoms with van der Waals surface area (Å²) in [7, 11) is 0. The van der Waals surface area contributed by atoms with Crippen LogP contribution in [-0.2, 0) is 16.1 Å². The Hall–Kier alpha value is -3.70. The van der Waals surface area contributed by atoms with Gasteiger partial charge in [-0.2, -0.15) is 11.8 Å². The second-order valence-electron chi connectivity index (χ2n) is 8.32. The van der Waals surface area contributed by atoms with Gasteiger partial charge in [-0.15, -0.1) is 0 Å². The van der Waals surface area contributed by atoms with Gasteiger partial charge in [0.15, 0.2) is 5.78 Å². The van der Waals surface area contributed by atoms with Crippen molar-refractivity contribution in [2.24, 2.45) is 5.84 Å². The van der Waals surface area contributed by atoms with Gasteiger partial charge in [-0.25, -0.2) is 5.84 Å². The standard InChI is InChI=1S/C24H29N7O3S/c1-15(32)30(25)20-12-16(8-10-27-20)24-23(28-17-6-4-3-5-7-17)22-18(31(24)26)13-29(14-19(22)33)21(34)9-11-35-2/h3-8,10,12,20,27-28H,9,11,13-14,25-26H2,1-2H3. The van der Waals surface area contributed by atoms with Gasteiger partial charge in [0.25, 0.3) is 0 Å². The van der Waals surface area contributed by atoms with Gasteiger partial charge in [0.2, 0.25) is 11.8 Å². The molecule has 10 nitrogen and oxygen atoms in total. The van der Waals surface area contributed by atoms with Crippen molar-refractivity contribution in [1.29, 1.82) is 0 Å². The number of dihydropyridines is 1. The summed E-state index contributed by atoms with van der Waals surface area (Å²) in [4.78, 5) is 39.4. The van der Waals surface area contributed by atoms with E-state index in [1.165, 1.54) is 11.6 Å². The van der Waals surface area contributed by atoms with E-state index in [0.29, 0.717) is 40.4 Å². The fourth-order valence-corrected chi connectivity index (χ4v) is 4.58. The summed E-state index contributed by atoms with van der Waals surface area (Å²) in [6, 6.07) is 9.46. The Bertz CT molecular complexity index is 1210. The highest BCUT2D eigenvalue weighted by atomic mass is 32.2. The molecule has 2 amide bonds. The van der Waals surface area contributed by atoms with Crippen LogP contribution < -0.4 is 22.3 Å². The van der Waals surface area contributed by atoms with E-state index in [9.17, 15) is 14.4 Å². The molecule has 4 rings (SSSR count). The number of carbonyl (C=O) groups excluding carboxylic acids is 3. The molecule has 6 N–H and O–H groups in total. The maximum absolute atomic E-state index is 13.4. The molecule has 1 unspecified atom stereocenters. The molecule has 0 aliphatic carbocycles. The molecule has 35 heavy (non-hydrogen) atoms. The van der Waals surface area contributed by atoms with Crippen molar-refractivity contribution >= 4 is 46.3 Å². The van der Waals surface area contributed by atoms with Crippen molar-refractivity contribution in [1.82, 2.24) is 19.9 Å². The Balaban J connectivity index is 1.81. The number of nitrogens with one attached hydrogen (secondary N) is 2. The Morgan fingerprint density at radius 3 is 2.69 bits per heavy atom. The molecule has 0 spiro atoms. The molecular weight excluding hydrogens is 466 g/mol. The number of fused-ring (bicyclic) bond motifs is 1. The summed E-state index contributed by atoms with van der Waals surface area (Å²) in [6.07, 6.45) is 6.96. The van der Waals surface area contributed by atoms with E-state index in [1.807, 2.05) is 36.6 Å². The summed E-state index contributed by atoms with van der Waals surface area (Å²) in [5.74, 6) is 12.6. The number of amides is 2. The normalized spacial score (nSPS) is 16.9. The van der Waals surface area contributed by atoms with E-state index in [0.717, 1.165) is 10.7 Å². The van der Waals surface area contributed by atoms with E-state index in [1.54, 1.807) is 35.0 Å². The van der Waals surface area contributed by atoms with Gasteiger partial charge in [-0.1, -0.05) is 18.2 Å². The monoisotopic (exact) mass is 495 g/mol. The van der Waals surface area contributed by atoms with Gasteiger partial charge in [0.1, 0.15) is 6.17 Å². The number of rotatable bonds is 7. The molecule has 2 aromatic rings. The van der Waals surface area contributed by atoms with Crippen LogP contribution in [0.2, 0.25) is 0 Å². The number of thioether (sulfide) groups is 1. The first kappa shape index (κ1) is 24.4. The number of nitrogen functional groups attached to an aromatic ring is 1. The molecule has 11 heteroatoms. The summed E-state index contributed by atoms with van der Waals surface area (Å²) >= 11 is 1.58. The predicted molar refractivity (Wildman–Crippen MR) is 138 cm³/mol. The van der Waals surface area contributed by atoms with Gasteiger partial charge >= 0.3 is 0 Å². The van der Waals surface area contributed by atoms with Crippen LogP contribution in [0.1, 0.15) is 35.1 Å². The highest BCUT2D eigenvalue weighted by Crippen LogP contribution is 2.38. The minimum Gasteiger partial charge on any atom is -0.367 e. The van der Waals surface area contributed by atoms with Crippen LogP contribution in [0.3, 0.4) is 0 Å². The van der Waals surface area contributed by atoms with Crippen molar-refractivity contribution in [2.75, 3.05) is 29.7 Å². The second kappa shape index (κ2) is 10.3. The number of allylic oxidation sites excluding steroid dienone is 2. The van der Waals surface area contributed by atoms with Crippen molar-refractivity contribution in [3.05, 3.63) is 65.6 Å². The number of Topliss-reactive ketones (excluding diaryl/α,β-unsaturated/α-hetero) is 1. The van der Waals surface area contributed by atoms with Gasteiger partial charge in [0.05, 0.1) is 35.7 Å². The fraction of sp³-hybridized carbons (Fsp3) is 0.292. The maximum Gasteiger partial charge on any atom is 0.235 e. The van der Waals surface area contributed by atoms with Crippen molar-refractivity contribution < 1.29 is 14.4 Å². The van der Waals surface area contributed by atoms with Gasteiger partial charge in [-0.05, 0) is 36.7 Å². The molecule has 2 aliphatic rings. The number of benzene rings is 1. The minimum absolute atomic E-state index is 0.00683. The number of nitrogens with zero attached hydrogens (tertiary/aromatic N) is 3. The molecule has 2 aliphatic heterocycles. The molecular formula is C24H29N7O3S. The molecule has 1 aromatic carbocycles. The van der Waals surface area contributed by atoms with E-state index in [4.69, 9.17) is 11.7 Å². The number of hydrogen-bond acceptors (Lipinski definition) is 8. The molecule has 0 radical (unpaired) electrons. The highest BCUT2D eigenvalue weighted by molar-refractivity contribution is 7.98. The molecule has 0 saturated heterocycles. The summed E-state index contributed by atoms with van der Waals surface area (Å²) in [6.45, 7) is 1.60. The number of ketones is 1. The average molecular weight is 496 g/mol. The summed E-state index contributed by atoms with van der Waals surface area (Å²) < 4.78 is 1.46. The summed E-state index contributed by atoms with van der Waals surface area (Å²) in [5.41, 5.74) is 3.58. The molecule has 3 heterocycles. The van der Waals surface area contributed by atoms with Crippen LogP contribution in [0.5, 0.6) is 0 Å². The van der Waals surface area contributed by atoms with Gasteiger partial charge in [0, 0.05) is 30.4 Å². The quantitative estimate of drug-likeness (QED) is 0.259. The number of anilines is 2. The van der Waals surface area contributed by atoms with Gasteiger partial charge in [-0.3, -0.25) is 24.1 Å². The van der Waals surface area contributed by atoms with E-state index in [-0.39, 0.29) is 30.7 Å². The third kappa shape index (κ3) is 4.91. The zero-order chi connectivity index (χ0) is 25.1. The smallest absolute Gasteiger partial charge is 0.235 e. The molecule has 0 saturated carbocycles. The number of hydrazine groups is 1. The molecule has 0 bridgehead atoms. The van der Waals surface area contributed by atoms with Crippen LogP contribution in [0, 0.1) is 0 Å². The summed E-state index contributed by atoms with van der Waals surface area (Å²) in [5, 5.41) is 7.47. The minimum atomic E-state index is -0.593. The zero-order valence-corrected chi connectivity index (χ0v) is 20.5. The maximum atomic E-state index is 13.4. The number of para-hydroxylation sites is 1. The lowest BCUT2D eigenvalue weighted by Gasteiger charge is -2.27. The molecule has 184 valence electrons. The third-order valence-corrected chi connectivity index (χ3v) is 6.59. The van der Waals surface area contributed by atoms with E-state index < -0.39 is 6.17 Å². The van der Waals surface area contributed by atoms with Crippen LogP contribution in [-0.4, -0.2) is 56.9 Å². The average Bonchev–Trinajstić information content (AvgIpc) is 3.14. The first-order chi connectivity index (χ1) is 16.8. The highest BCUT2D eigenvalue weighted by Gasteiger charge is 2.35. The lowest BCUT2D eigenvalue weighted by molar-refractivity contribution is -0.131. The largest absolute Gasteiger partial charge is 0.367 e. The molecule has 1 aromatic heterocycles. The zero-order valence-electron chi connectivity index (χ0n) is 19.7. The van der Waals surface area contributed by atoms with Crippen LogP contribution in [0.4, 0.5) is 11.4 Å². The third-order valence-electron chi connectivity index (χ3n) is 5.98. The number of carbonyl (C=O) groups is 3. The lowest BCUT2D eigenvalue weighted by atomic mass is 10.0. The SMILES string of the molecule is CSCCC(=O)N1CC(=O)c2c(Nc3ccccc3)c(C3=CC(N(N)C(C)=O)NC=C3)n(N)c2C1. The Kier molecular flexibility index (Phi) is 7.17. The van der Waals surface area contributed by atoms with Crippen molar-refractivity contribution in [2.45, 2.75) is 26.1 Å². The second-order valence-corrected chi connectivity index (χ2v) is 9.30. The topological polar surface area (TPSA) is 139 Å². The number of hydrogen-bond donors (Lipinski definition) is 4. The molecule has 1 atom stereocenters. The van der Waals surface area contributed by atoms with E-state index >= 15 is 0 Å². The first-order valence-electron chi connectivity index (χ1n) is 11.2. The van der Waals surface area contributed by atoms with Crippen LogP contribution in [0.15, 0.2) is 48.7 Å². The van der Waals surface area contributed by atoms with Gasteiger partial charge < -0.3 is 21.4 Å². The first-order valence-corrected chi connectivity index (χ1v) is 12.5. The van der Waals surface area contributed by atoms with E-state index in [2.05, 4.69) is 10.6 Å². The number of nitrogens with two attached hydrogens (primary N) is 2. The lowest BCUT2D eigenvalue weighted by Crippen LogP contribution is -2.50.